The minimum atomic E-state index is -3.58. The number of hydrogen-bond acceptors (Lipinski definition) is 5. The van der Waals surface area contributed by atoms with Crippen LogP contribution in [-0.2, 0) is 23.5 Å². The number of amides is 1. The maximum absolute atomic E-state index is 13.2. The minimum absolute atomic E-state index is 0.176. The number of hydrogen-bond donors (Lipinski definition) is 0. The summed E-state index contributed by atoms with van der Waals surface area (Å²) in [5.41, 5.74) is 1.09. The third kappa shape index (κ3) is 3.30. The number of aromatic nitrogens is 2. The molecule has 0 bridgehead atoms. The van der Waals surface area contributed by atoms with Gasteiger partial charge >= 0.3 is 0 Å². The molecule has 0 saturated heterocycles. The first-order valence-electron chi connectivity index (χ1n) is 9.23. The molecule has 0 radical (unpaired) electrons. The Morgan fingerprint density at radius 3 is 2.67 bits per heavy atom. The number of rotatable bonds is 4. The summed E-state index contributed by atoms with van der Waals surface area (Å²) in [5.74, 6) is -0.291. The SMILES string of the molecule is CN(C)S(=O)(=O)c1ccc2c(c1)CCCN2C(=O)c1cc2c(C(F)F)nn(C)c2s1. The first-order chi connectivity index (χ1) is 14.1. The van der Waals surface area contributed by atoms with Crippen LogP contribution in [0.25, 0.3) is 10.2 Å². The summed E-state index contributed by atoms with van der Waals surface area (Å²) in [7, 11) is 0.928. The van der Waals surface area contributed by atoms with Gasteiger partial charge in [0.15, 0.2) is 0 Å². The van der Waals surface area contributed by atoms with Gasteiger partial charge < -0.3 is 4.90 Å². The molecule has 4 rings (SSSR count). The van der Waals surface area contributed by atoms with Crippen molar-refractivity contribution in [2.75, 3.05) is 25.5 Å². The normalized spacial score (nSPS) is 14.7. The van der Waals surface area contributed by atoms with Crippen LogP contribution in [0.4, 0.5) is 14.5 Å². The fraction of sp³-hybridized carbons (Fsp3) is 0.368. The van der Waals surface area contributed by atoms with Gasteiger partial charge in [0, 0.05) is 38.8 Å². The van der Waals surface area contributed by atoms with Gasteiger partial charge in [0.2, 0.25) is 10.0 Å². The summed E-state index contributed by atoms with van der Waals surface area (Å²) in [5, 5.41) is 4.12. The van der Waals surface area contributed by atoms with Gasteiger partial charge in [-0.15, -0.1) is 11.3 Å². The van der Waals surface area contributed by atoms with Gasteiger partial charge in [0.25, 0.3) is 12.3 Å². The van der Waals surface area contributed by atoms with E-state index in [1.807, 2.05) is 0 Å². The van der Waals surface area contributed by atoms with E-state index in [0.717, 1.165) is 21.2 Å². The zero-order valence-electron chi connectivity index (χ0n) is 16.6. The van der Waals surface area contributed by atoms with E-state index in [9.17, 15) is 22.0 Å². The Hall–Kier alpha value is -2.37. The van der Waals surface area contributed by atoms with Crippen LogP contribution >= 0.6 is 11.3 Å². The summed E-state index contributed by atoms with van der Waals surface area (Å²) in [6.45, 7) is 0.472. The van der Waals surface area contributed by atoms with Crippen LogP contribution in [0.15, 0.2) is 29.2 Å². The van der Waals surface area contributed by atoms with Gasteiger partial charge in [-0.05, 0) is 42.7 Å². The molecule has 0 atom stereocenters. The summed E-state index contributed by atoms with van der Waals surface area (Å²) in [6, 6.07) is 6.20. The maximum atomic E-state index is 13.2. The van der Waals surface area contributed by atoms with E-state index in [1.54, 1.807) is 24.1 Å². The molecule has 1 aliphatic heterocycles. The Bertz CT molecular complexity index is 1250. The lowest BCUT2D eigenvalue weighted by Gasteiger charge is -2.29. The van der Waals surface area contributed by atoms with Crippen LogP contribution in [0.3, 0.4) is 0 Å². The molecule has 0 unspecified atom stereocenters. The fourth-order valence-electron chi connectivity index (χ4n) is 3.62. The number of halogens is 2. The Balaban J connectivity index is 1.72. The van der Waals surface area contributed by atoms with Gasteiger partial charge in [0.05, 0.1) is 9.77 Å². The zero-order chi connectivity index (χ0) is 21.8. The third-order valence-electron chi connectivity index (χ3n) is 5.15. The second kappa shape index (κ2) is 7.40. The molecular weight excluding hydrogens is 434 g/mol. The summed E-state index contributed by atoms with van der Waals surface area (Å²) in [6.07, 6.45) is -1.39. The molecule has 3 heterocycles. The van der Waals surface area contributed by atoms with Crippen LogP contribution < -0.4 is 4.90 Å². The lowest BCUT2D eigenvalue weighted by Crippen LogP contribution is -2.35. The van der Waals surface area contributed by atoms with Crippen LogP contribution in [0, 0.1) is 0 Å². The molecular formula is C19H20F2N4O3S2. The van der Waals surface area contributed by atoms with Crippen molar-refractivity contribution in [1.29, 1.82) is 0 Å². The van der Waals surface area contributed by atoms with E-state index in [4.69, 9.17) is 0 Å². The Kier molecular flexibility index (Phi) is 5.15. The Morgan fingerprint density at radius 2 is 2.00 bits per heavy atom. The Morgan fingerprint density at radius 1 is 1.27 bits per heavy atom. The fourth-order valence-corrected chi connectivity index (χ4v) is 5.60. The number of carbonyl (C=O) groups excluding carboxylic acids is 1. The summed E-state index contributed by atoms with van der Waals surface area (Å²) in [4.78, 5) is 15.8. The smallest absolute Gasteiger partial charge is 0.282 e. The number of fused-ring (bicyclic) bond motifs is 2. The number of sulfonamides is 1. The van der Waals surface area contributed by atoms with Crippen LogP contribution in [0.5, 0.6) is 0 Å². The average molecular weight is 455 g/mol. The van der Waals surface area contributed by atoms with Gasteiger partial charge in [-0.1, -0.05) is 0 Å². The van der Waals surface area contributed by atoms with Crippen molar-refractivity contribution in [2.24, 2.45) is 7.05 Å². The van der Waals surface area contributed by atoms with E-state index in [2.05, 4.69) is 5.10 Å². The van der Waals surface area contributed by atoms with Crippen molar-refractivity contribution in [2.45, 2.75) is 24.2 Å². The van der Waals surface area contributed by atoms with E-state index < -0.39 is 16.4 Å². The van der Waals surface area contributed by atoms with E-state index in [-0.39, 0.29) is 21.9 Å². The minimum Gasteiger partial charge on any atom is -0.307 e. The van der Waals surface area contributed by atoms with Crippen molar-refractivity contribution in [3.63, 3.8) is 0 Å². The Labute approximate surface area is 176 Å². The first-order valence-corrected chi connectivity index (χ1v) is 11.5. The topological polar surface area (TPSA) is 75.5 Å². The molecule has 160 valence electrons. The first kappa shape index (κ1) is 20.9. The van der Waals surface area contributed by atoms with Gasteiger partial charge in [-0.3, -0.25) is 9.48 Å². The van der Waals surface area contributed by atoms with E-state index in [1.165, 1.54) is 30.9 Å². The molecule has 0 saturated carbocycles. The van der Waals surface area contributed by atoms with Crippen molar-refractivity contribution < 1.29 is 22.0 Å². The van der Waals surface area contributed by atoms with Crippen LogP contribution in [-0.4, -0.2) is 49.1 Å². The molecule has 0 fully saturated rings. The van der Waals surface area contributed by atoms with Crippen molar-refractivity contribution in [1.82, 2.24) is 14.1 Å². The molecule has 1 aromatic carbocycles. The lowest BCUT2D eigenvalue weighted by molar-refractivity contribution is 0.0989. The molecule has 0 spiro atoms. The van der Waals surface area contributed by atoms with Gasteiger partial charge in [0.1, 0.15) is 10.5 Å². The molecule has 1 aliphatic rings. The molecule has 30 heavy (non-hydrogen) atoms. The monoisotopic (exact) mass is 454 g/mol. The van der Waals surface area contributed by atoms with Crippen LogP contribution in [0.1, 0.15) is 33.8 Å². The highest BCUT2D eigenvalue weighted by molar-refractivity contribution is 7.89. The number of nitrogens with zero attached hydrogens (tertiary/aromatic N) is 4. The largest absolute Gasteiger partial charge is 0.307 e. The molecule has 0 N–H and O–H groups in total. The molecule has 1 amide bonds. The third-order valence-corrected chi connectivity index (χ3v) is 8.15. The highest BCUT2D eigenvalue weighted by Crippen LogP contribution is 2.36. The highest BCUT2D eigenvalue weighted by Gasteiger charge is 2.29. The van der Waals surface area contributed by atoms with Crippen molar-refractivity contribution in [3.05, 3.63) is 40.4 Å². The molecule has 3 aromatic rings. The zero-order valence-corrected chi connectivity index (χ0v) is 18.2. The number of thiophene rings is 1. The number of anilines is 1. The molecule has 0 aliphatic carbocycles. The van der Waals surface area contributed by atoms with Crippen molar-refractivity contribution in [3.8, 4) is 0 Å². The predicted molar refractivity (Wildman–Crippen MR) is 111 cm³/mol. The van der Waals surface area contributed by atoms with E-state index in [0.29, 0.717) is 34.8 Å². The second-order valence-electron chi connectivity index (χ2n) is 7.28. The maximum Gasteiger partial charge on any atom is 0.282 e. The molecule has 11 heteroatoms. The quantitative estimate of drug-likeness (QED) is 0.606. The number of aryl methyl sites for hydroxylation is 2. The lowest BCUT2D eigenvalue weighted by atomic mass is 10.0. The summed E-state index contributed by atoms with van der Waals surface area (Å²) >= 11 is 1.12. The van der Waals surface area contributed by atoms with E-state index >= 15 is 0 Å². The second-order valence-corrected chi connectivity index (χ2v) is 10.5. The number of benzene rings is 1. The molecule has 7 nitrogen and oxygen atoms in total. The average Bonchev–Trinajstić information content (AvgIpc) is 3.27. The predicted octanol–water partition coefficient (Wildman–Crippen LogP) is 3.42. The molecule has 2 aromatic heterocycles. The van der Waals surface area contributed by atoms with Crippen LogP contribution in [0.2, 0.25) is 0 Å². The number of alkyl halides is 2. The van der Waals surface area contributed by atoms with Gasteiger partial charge in [-0.25, -0.2) is 21.5 Å². The standard InChI is InChI=1S/C19H20F2N4O3S2/c1-23(2)30(27,28)12-6-7-14-11(9-12)5-4-8-25(14)18(26)15-10-13-16(17(20)21)22-24(3)19(13)29-15/h6-7,9-10,17H,4-5,8H2,1-3H3. The number of carbonyl (C=O) groups is 1. The van der Waals surface area contributed by atoms with Crippen molar-refractivity contribution >= 4 is 43.2 Å². The highest BCUT2D eigenvalue weighted by atomic mass is 32.2. The van der Waals surface area contributed by atoms with Gasteiger partial charge in [-0.2, -0.15) is 5.10 Å². The summed E-state index contributed by atoms with van der Waals surface area (Å²) < 4.78 is 53.8.